The third-order valence-electron chi connectivity index (χ3n) is 12.9. The average Bonchev–Trinajstić information content (AvgIpc) is 3.30. The van der Waals surface area contributed by atoms with E-state index in [4.69, 9.17) is 14.5 Å². The molecule has 224 valence electrons. The molecule has 3 heterocycles. The summed E-state index contributed by atoms with van der Waals surface area (Å²) in [6.45, 7) is 14.6. The van der Waals surface area contributed by atoms with Gasteiger partial charge in [0, 0.05) is 23.7 Å². The standard InChI is InChI=1S/C35H55NO4/c1-6-10-25(2)11-12-26(3)28-13-14-29-32(28,4)17-16-30-33(5)18-15-27(23-34(33)19-20-35(29,30)40-39-34)38-31(37)24-36-21-8-7-9-22-36/h11-12,19-20,25-30H,6-10,13-18,21-24H2,1-5H3/b12-11+/t25-,26-,27+,28-,29-,30-,32-,33-,34-,35+/m1/s1. The van der Waals surface area contributed by atoms with Gasteiger partial charge in [-0.1, -0.05) is 65.7 Å². The maximum absolute atomic E-state index is 12.9. The molecule has 2 spiro atoms. The number of hydrogen-bond donors (Lipinski definition) is 0. The summed E-state index contributed by atoms with van der Waals surface area (Å²) in [6, 6.07) is 0. The second-order valence-corrected chi connectivity index (χ2v) is 15.2. The van der Waals surface area contributed by atoms with Gasteiger partial charge in [-0.2, -0.15) is 0 Å². The van der Waals surface area contributed by atoms with Crippen molar-refractivity contribution in [3.63, 3.8) is 0 Å². The van der Waals surface area contributed by atoms with Crippen molar-refractivity contribution < 1.29 is 19.3 Å². The van der Waals surface area contributed by atoms with Crippen LogP contribution >= 0.6 is 0 Å². The van der Waals surface area contributed by atoms with Gasteiger partial charge in [0.15, 0.2) is 0 Å². The van der Waals surface area contributed by atoms with E-state index in [2.05, 4.69) is 63.8 Å². The second-order valence-electron chi connectivity index (χ2n) is 15.2. The van der Waals surface area contributed by atoms with Gasteiger partial charge in [0.2, 0.25) is 0 Å². The summed E-state index contributed by atoms with van der Waals surface area (Å²) in [4.78, 5) is 28.3. The Balaban J connectivity index is 1.17. The maximum Gasteiger partial charge on any atom is 0.320 e. The van der Waals surface area contributed by atoms with Crippen LogP contribution in [0.4, 0.5) is 0 Å². The van der Waals surface area contributed by atoms with Crippen molar-refractivity contribution in [2.24, 2.45) is 40.4 Å². The Morgan fingerprint density at radius 1 is 1.00 bits per heavy atom. The number of carbonyl (C=O) groups is 1. The first-order valence-electron chi connectivity index (χ1n) is 16.8. The lowest BCUT2D eigenvalue weighted by Crippen LogP contribution is -2.73. The number of allylic oxidation sites excluding steroid dienone is 2. The predicted octanol–water partition coefficient (Wildman–Crippen LogP) is 7.65. The fraction of sp³-hybridized carbons (Fsp3) is 0.857. The molecular formula is C35H55NO4. The van der Waals surface area contributed by atoms with Crippen molar-refractivity contribution in [1.82, 2.24) is 4.90 Å². The third kappa shape index (κ3) is 4.56. The number of hydrogen-bond acceptors (Lipinski definition) is 5. The minimum Gasteiger partial charge on any atom is -0.461 e. The van der Waals surface area contributed by atoms with E-state index < -0.39 is 5.60 Å². The second kappa shape index (κ2) is 10.8. The van der Waals surface area contributed by atoms with Gasteiger partial charge in [-0.15, -0.1) is 0 Å². The highest BCUT2D eigenvalue weighted by molar-refractivity contribution is 5.72. The summed E-state index contributed by atoms with van der Waals surface area (Å²) in [7, 11) is 0. The monoisotopic (exact) mass is 553 g/mol. The van der Waals surface area contributed by atoms with E-state index in [1.165, 1.54) is 57.8 Å². The van der Waals surface area contributed by atoms with E-state index in [-0.39, 0.29) is 28.5 Å². The van der Waals surface area contributed by atoms with Crippen LogP contribution in [0.25, 0.3) is 0 Å². The summed E-state index contributed by atoms with van der Waals surface area (Å²) in [5.74, 6) is 2.80. The quantitative estimate of drug-likeness (QED) is 0.175. The highest BCUT2D eigenvalue weighted by Gasteiger charge is 2.74. The van der Waals surface area contributed by atoms with Crippen molar-refractivity contribution in [2.75, 3.05) is 19.6 Å². The molecule has 7 aliphatic rings. The van der Waals surface area contributed by atoms with Crippen LogP contribution in [0.15, 0.2) is 24.3 Å². The Labute approximate surface area is 243 Å². The zero-order valence-electron chi connectivity index (χ0n) is 26.0. The Bertz CT molecular complexity index is 1000. The highest BCUT2D eigenvalue weighted by Crippen LogP contribution is 2.72. The van der Waals surface area contributed by atoms with Crippen molar-refractivity contribution in [3.8, 4) is 0 Å². The average molecular weight is 554 g/mol. The van der Waals surface area contributed by atoms with E-state index in [9.17, 15) is 4.79 Å². The van der Waals surface area contributed by atoms with Gasteiger partial charge in [0.25, 0.3) is 0 Å². The molecule has 0 aromatic heterocycles. The van der Waals surface area contributed by atoms with E-state index in [1.807, 2.05) is 0 Å². The number of nitrogens with zero attached hydrogens (tertiary/aromatic N) is 1. The first kappa shape index (κ1) is 28.9. The fourth-order valence-corrected chi connectivity index (χ4v) is 10.7. The third-order valence-corrected chi connectivity index (χ3v) is 12.9. The fourth-order valence-electron chi connectivity index (χ4n) is 10.7. The first-order chi connectivity index (χ1) is 19.2. The van der Waals surface area contributed by atoms with Gasteiger partial charge in [0.05, 0.1) is 6.54 Å². The lowest BCUT2D eigenvalue weighted by molar-refractivity contribution is -0.497. The molecule has 5 heteroatoms. The first-order valence-corrected chi connectivity index (χ1v) is 16.8. The molecule has 0 amide bonds. The Morgan fingerprint density at radius 2 is 1.80 bits per heavy atom. The molecule has 5 nitrogen and oxygen atoms in total. The van der Waals surface area contributed by atoms with Gasteiger partial charge in [0.1, 0.15) is 17.3 Å². The molecule has 7 rings (SSSR count). The largest absolute Gasteiger partial charge is 0.461 e. The van der Waals surface area contributed by atoms with Crippen LogP contribution in [-0.4, -0.2) is 47.8 Å². The summed E-state index contributed by atoms with van der Waals surface area (Å²) in [6.07, 6.45) is 23.5. The SMILES string of the molecule is CCC[C@@H](C)/C=C/[C@@H](C)[C@H]1CC[C@@H]2[C@]1(C)CC[C@H]1[C@]23C=C[C@]2(C[C@@H](OC(=O)CN4CCCCC4)CC[C@]12C)OO3. The number of rotatable bonds is 8. The summed E-state index contributed by atoms with van der Waals surface area (Å²) >= 11 is 0. The molecule has 2 bridgehead atoms. The van der Waals surface area contributed by atoms with Crippen molar-refractivity contribution in [1.29, 1.82) is 0 Å². The number of carbonyl (C=O) groups excluding carboxylic acids is 1. The molecule has 5 fully saturated rings. The van der Waals surface area contributed by atoms with E-state index in [0.717, 1.165) is 25.9 Å². The minimum atomic E-state index is -0.495. The number of piperidine rings is 1. The molecule has 0 unspecified atom stereocenters. The van der Waals surface area contributed by atoms with E-state index >= 15 is 0 Å². The lowest BCUT2D eigenvalue weighted by Gasteiger charge is -2.69. The number of esters is 1. The Hall–Kier alpha value is -1.17. The summed E-state index contributed by atoms with van der Waals surface area (Å²) in [5, 5.41) is 0. The number of fused-ring (bicyclic) bond motifs is 2. The Morgan fingerprint density at radius 3 is 2.52 bits per heavy atom. The van der Waals surface area contributed by atoms with Crippen LogP contribution in [-0.2, 0) is 19.3 Å². The molecule has 2 saturated heterocycles. The number of ether oxygens (including phenoxy) is 1. The predicted molar refractivity (Wildman–Crippen MR) is 158 cm³/mol. The smallest absolute Gasteiger partial charge is 0.320 e. The molecule has 0 N–H and O–H groups in total. The maximum atomic E-state index is 12.9. The van der Waals surface area contributed by atoms with Gasteiger partial charge >= 0.3 is 5.97 Å². The topological polar surface area (TPSA) is 48.0 Å². The van der Waals surface area contributed by atoms with Crippen LogP contribution < -0.4 is 0 Å². The van der Waals surface area contributed by atoms with Crippen LogP contribution in [0, 0.1) is 40.4 Å². The molecule has 40 heavy (non-hydrogen) atoms. The van der Waals surface area contributed by atoms with Gasteiger partial charge in [-0.3, -0.25) is 9.69 Å². The molecular weight excluding hydrogens is 498 g/mol. The van der Waals surface area contributed by atoms with E-state index in [1.54, 1.807) is 0 Å². The van der Waals surface area contributed by atoms with Crippen LogP contribution in [0.5, 0.6) is 0 Å². The molecule has 4 aliphatic carbocycles. The molecule has 0 radical (unpaired) electrons. The van der Waals surface area contributed by atoms with Crippen LogP contribution in [0.1, 0.15) is 112 Å². The normalized spacial score (nSPS) is 46.0. The van der Waals surface area contributed by atoms with Crippen molar-refractivity contribution in [3.05, 3.63) is 24.3 Å². The highest BCUT2D eigenvalue weighted by atomic mass is 17.2. The number of likely N-dealkylation sites (tertiary alicyclic amines) is 1. The van der Waals surface area contributed by atoms with Crippen molar-refractivity contribution >= 4 is 5.97 Å². The van der Waals surface area contributed by atoms with Gasteiger partial charge in [-0.05, 0) is 100 Å². The summed E-state index contributed by atoms with van der Waals surface area (Å²) in [5.41, 5.74) is -0.549. The molecule has 10 atom stereocenters. The Kier molecular flexibility index (Phi) is 7.83. The zero-order valence-corrected chi connectivity index (χ0v) is 26.0. The van der Waals surface area contributed by atoms with Crippen LogP contribution in [0.3, 0.4) is 0 Å². The molecule has 3 saturated carbocycles. The lowest BCUT2D eigenvalue weighted by atomic mass is 9.42. The molecule has 0 aromatic carbocycles. The van der Waals surface area contributed by atoms with Crippen molar-refractivity contribution in [2.45, 2.75) is 129 Å². The van der Waals surface area contributed by atoms with Crippen LogP contribution in [0.2, 0.25) is 0 Å². The minimum absolute atomic E-state index is 0.0102. The van der Waals surface area contributed by atoms with Gasteiger partial charge in [-0.25, -0.2) is 9.78 Å². The molecule has 3 aliphatic heterocycles. The molecule has 0 aromatic rings. The van der Waals surface area contributed by atoms with E-state index in [0.29, 0.717) is 42.6 Å². The zero-order chi connectivity index (χ0) is 28.2. The summed E-state index contributed by atoms with van der Waals surface area (Å²) < 4.78 is 6.09. The van der Waals surface area contributed by atoms with Gasteiger partial charge < -0.3 is 4.74 Å².